The Labute approximate surface area is 119 Å². The fourth-order valence-corrected chi connectivity index (χ4v) is 1.95. The van der Waals surface area contributed by atoms with Crippen LogP contribution in [-0.2, 0) is 6.54 Å². The minimum absolute atomic E-state index is 0.0148. The Morgan fingerprint density at radius 3 is 2.45 bits per heavy atom. The predicted octanol–water partition coefficient (Wildman–Crippen LogP) is 2.35. The highest BCUT2D eigenvalue weighted by Gasteiger charge is 2.08. The van der Waals surface area contributed by atoms with Crippen molar-refractivity contribution >= 4 is 0 Å². The van der Waals surface area contributed by atoms with Crippen LogP contribution in [0.1, 0.15) is 30.8 Å². The molecule has 1 heterocycles. The number of aryl methyl sites for hydroxylation is 2. The Kier molecular flexibility index (Phi) is 4.35. The van der Waals surface area contributed by atoms with Crippen LogP contribution < -0.4 is 10.7 Å². The first kappa shape index (κ1) is 14.5. The van der Waals surface area contributed by atoms with Gasteiger partial charge in [0.2, 0.25) is 5.43 Å². The van der Waals surface area contributed by atoms with Crippen molar-refractivity contribution in [1.82, 2.24) is 15.1 Å². The lowest BCUT2D eigenvalue weighted by Crippen LogP contribution is -2.28. The second-order valence-corrected chi connectivity index (χ2v) is 5.38. The highest BCUT2D eigenvalue weighted by atomic mass is 16.1. The van der Waals surface area contributed by atoms with E-state index in [0.717, 1.165) is 11.4 Å². The SMILES string of the molecule is Cc1ccc(-n2nc(CNC(C)C)c(=O)cc2C)cc1. The van der Waals surface area contributed by atoms with Gasteiger partial charge in [-0.05, 0) is 26.0 Å². The standard InChI is InChI=1S/C16H21N3O/c1-11(2)17-10-15-16(20)9-13(4)19(18-15)14-7-5-12(3)6-8-14/h5-9,11,17H,10H2,1-4H3. The summed E-state index contributed by atoms with van der Waals surface area (Å²) in [6.45, 7) is 8.53. The van der Waals surface area contributed by atoms with Crippen molar-refractivity contribution in [3.63, 3.8) is 0 Å². The van der Waals surface area contributed by atoms with Gasteiger partial charge in [-0.25, -0.2) is 4.68 Å². The number of hydrogen-bond acceptors (Lipinski definition) is 3. The van der Waals surface area contributed by atoms with Gasteiger partial charge >= 0.3 is 0 Å². The Morgan fingerprint density at radius 1 is 1.20 bits per heavy atom. The molecule has 0 amide bonds. The lowest BCUT2D eigenvalue weighted by atomic mass is 10.2. The van der Waals surface area contributed by atoms with Gasteiger partial charge in [0.05, 0.1) is 5.69 Å². The van der Waals surface area contributed by atoms with Gasteiger partial charge in [-0.15, -0.1) is 0 Å². The van der Waals surface area contributed by atoms with E-state index >= 15 is 0 Å². The first-order valence-electron chi connectivity index (χ1n) is 6.87. The van der Waals surface area contributed by atoms with Gasteiger partial charge < -0.3 is 5.32 Å². The second kappa shape index (κ2) is 6.01. The number of benzene rings is 1. The Bertz CT molecular complexity index is 642. The number of rotatable bonds is 4. The molecule has 0 spiro atoms. The van der Waals surface area contributed by atoms with E-state index in [2.05, 4.69) is 10.4 Å². The molecule has 0 bridgehead atoms. The van der Waals surface area contributed by atoms with Gasteiger partial charge in [-0.1, -0.05) is 31.5 Å². The van der Waals surface area contributed by atoms with E-state index in [1.807, 2.05) is 56.6 Å². The van der Waals surface area contributed by atoms with Crippen LogP contribution in [0.15, 0.2) is 35.1 Å². The molecule has 1 aromatic carbocycles. The summed E-state index contributed by atoms with van der Waals surface area (Å²) in [6, 6.07) is 10.1. The van der Waals surface area contributed by atoms with E-state index in [1.165, 1.54) is 5.56 Å². The number of nitrogens with one attached hydrogen (secondary N) is 1. The minimum atomic E-state index is -0.0148. The maximum atomic E-state index is 12.0. The first-order valence-corrected chi connectivity index (χ1v) is 6.87. The quantitative estimate of drug-likeness (QED) is 0.928. The summed E-state index contributed by atoms with van der Waals surface area (Å²) in [5.74, 6) is 0. The second-order valence-electron chi connectivity index (χ2n) is 5.38. The third kappa shape index (κ3) is 3.33. The van der Waals surface area contributed by atoms with Gasteiger partial charge in [-0.3, -0.25) is 4.79 Å². The van der Waals surface area contributed by atoms with E-state index in [1.54, 1.807) is 6.07 Å². The van der Waals surface area contributed by atoms with Crippen LogP contribution in [0, 0.1) is 13.8 Å². The summed E-state index contributed by atoms with van der Waals surface area (Å²) < 4.78 is 1.82. The summed E-state index contributed by atoms with van der Waals surface area (Å²) >= 11 is 0. The monoisotopic (exact) mass is 271 g/mol. The van der Waals surface area contributed by atoms with E-state index in [0.29, 0.717) is 18.3 Å². The zero-order chi connectivity index (χ0) is 14.7. The van der Waals surface area contributed by atoms with Crippen molar-refractivity contribution in [1.29, 1.82) is 0 Å². The van der Waals surface area contributed by atoms with Crippen molar-refractivity contribution < 1.29 is 0 Å². The van der Waals surface area contributed by atoms with Crippen molar-refractivity contribution in [2.75, 3.05) is 0 Å². The van der Waals surface area contributed by atoms with Crippen molar-refractivity contribution in [3.8, 4) is 5.69 Å². The molecule has 0 aliphatic carbocycles. The molecule has 2 rings (SSSR count). The molecule has 4 heteroatoms. The Balaban J connectivity index is 2.40. The van der Waals surface area contributed by atoms with Crippen molar-refractivity contribution in [2.45, 2.75) is 40.3 Å². The van der Waals surface area contributed by atoms with Crippen LogP contribution in [0.3, 0.4) is 0 Å². The van der Waals surface area contributed by atoms with Crippen LogP contribution in [-0.4, -0.2) is 15.8 Å². The lowest BCUT2D eigenvalue weighted by molar-refractivity contribution is 0.568. The third-order valence-corrected chi connectivity index (χ3v) is 3.14. The zero-order valence-corrected chi connectivity index (χ0v) is 12.5. The van der Waals surface area contributed by atoms with Crippen molar-refractivity contribution in [2.24, 2.45) is 0 Å². The molecule has 0 aliphatic rings. The fourth-order valence-electron chi connectivity index (χ4n) is 1.95. The summed E-state index contributed by atoms with van der Waals surface area (Å²) in [6.07, 6.45) is 0. The molecule has 1 aromatic heterocycles. The minimum Gasteiger partial charge on any atom is -0.309 e. The highest BCUT2D eigenvalue weighted by Crippen LogP contribution is 2.10. The van der Waals surface area contributed by atoms with Crippen LogP contribution in [0.5, 0.6) is 0 Å². The molecule has 2 aromatic rings. The topological polar surface area (TPSA) is 46.9 Å². The maximum absolute atomic E-state index is 12.0. The lowest BCUT2D eigenvalue weighted by Gasteiger charge is -2.13. The highest BCUT2D eigenvalue weighted by molar-refractivity contribution is 5.35. The normalized spacial score (nSPS) is 11.1. The molecular weight excluding hydrogens is 250 g/mol. The van der Waals surface area contributed by atoms with Gasteiger partial charge in [-0.2, -0.15) is 5.10 Å². The fraction of sp³-hybridized carbons (Fsp3) is 0.375. The van der Waals surface area contributed by atoms with E-state index < -0.39 is 0 Å². The predicted molar refractivity (Wildman–Crippen MR) is 81.3 cm³/mol. The molecule has 20 heavy (non-hydrogen) atoms. The summed E-state index contributed by atoms with van der Waals surface area (Å²) in [4.78, 5) is 12.0. The molecule has 0 saturated carbocycles. The van der Waals surface area contributed by atoms with E-state index in [-0.39, 0.29) is 5.43 Å². The molecule has 0 atom stereocenters. The summed E-state index contributed by atoms with van der Waals surface area (Å²) in [7, 11) is 0. The average molecular weight is 271 g/mol. The zero-order valence-electron chi connectivity index (χ0n) is 12.5. The van der Waals surface area contributed by atoms with Gasteiger partial charge in [0.25, 0.3) is 0 Å². The molecule has 4 nitrogen and oxygen atoms in total. The third-order valence-electron chi connectivity index (χ3n) is 3.14. The molecule has 1 N–H and O–H groups in total. The Hall–Kier alpha value is -1.94. The van der Waals surface area contributed by atoms with Crippen LogP contribution in [0.2, 0.25) is 0 Å². The number of aromatic nitrogens is 2. The molecule has 0 aliphatic heterocycles. The molecular formula is C16H21N3O. The molecule has 106 valence electrons. The van der Waals surface area contributed by atoms with E-state index in [4.69, 9.17) is 0 Å². The summed E-state index contributed by atoms with van der Waals surface area (Å²) in [5, 5.41) is 7.72. The first-order chi connectivity index (χ1) is 9.47. The van der Waals surface area contributed by atoms with Crippen LogP contribution >= 0.6 is 0 Å². The smallest absolute Gasteiger partial charge is 0.204 e. The molecule has 0 fully saturated rings. The summed E-state index contributed by atoms with van der Waals surface area (Å²) in [5.41, 5.74) is 3.55. The van der Waals surface area contributed by atoms with Crippen LogP contribution in [0.25, 0.3) is 5.69 Å². The maximum Gasteiger partial charge on any atom is 0.204 e. The van der Waals surface area contributed by atoms with Gasteiger partial charge in [0.15, 0.2) is 0 Å². The molecule has 0 unspecified atom stereocenters. The average Bonchev–Trinajstić information content (AvgIpc) is 2.39. The molecule has 0 saturated heterocycles. The number of nitrogens with zero attached hydrogens (tertiary/aromatic N) is 2. The van der Waals surface area contributed by atoms with E-state index in [9.17, 15) is 4.79 Å². The van der Waals surface area contributed by atoms with Crippen LogP contribution in [0.4, 0.5) is 0 Å². The number of hydrogen-bond donors (Lipinski definition) is 1. The largest absolute Gasteiger partial charge is 0.309 e. The Morgan fingerprint density at radius 2 is 1.85 bits per heavy atom. The van der Waals surface area contributed by atoms with Crippen molar-refractivity contribution in [3.05, 3.63) is 57.5 Å². The van der Waals surface area contributed by atoms with Gasteiger partial charge in [0.1, 0.15) is 5.69 Å². The van der Waals surface area contributed by atoms with Gasteiger partial charge in [0, 0.05) is 24.3 Å². The molecule has 0 radical (unpaired) electrons.